The van der Waals surface area contributed by atoms with Crippen LogP contribution in [0.25, 0.3) is 11.0 Å². The summed E-state index contributed by atoms with van der Waals surface area (Å²) in [6.07, 6.45) is -0.911. The smallest absolute Gasteiger partial charge is 0.407 e. The predicted octanol–water partition coefficient (Wildman–Crippen LogP) is 4.76. The summed E-state index contributed by atoms with van der Waals surface area (Å²) >= 11 is 3.39. The van der Waals surface area contributed by atoms with Gasteiger partial charge in [-0.15, -0.1) is 0 Å². The van der Waals surface area contributed by atoms with E-state index >= 15 is 0 Å². The van der Waals surface area contributed by atoms with Gasteiger partial charge in [0.1, 0.15) is 11.3 Å². The lowest BCUT2D eigenvalue weighted by molar-refractivity contribution is 0.0748. The molecule has 3 aromatic rings. The summed E-state index contributed by atoms with van der Waals surface area (Å²) in [7, 11) is 0. The molecular formula is C25H27BrN4O5. The van der Waals surface area contributed by atoms with Gasteiger partial charge in [-0.2, -0.15) is 0 Å². The first-order valence-electron chi connectivity index (χ1n) is 11.1. The standard InChI is InChI=1S/C25H27BrN4O5/c1-25(2,3)19-13-29(10-11-30(19)24(33)34)16-7-4-14(5-8-16)23(32)28-20-17-12-15(26)6-9-18(17)35-21(20)22(27)31/h4-9,12,19H,10-11,13H2,1-3H3,(H2,27,31)(H,28,32)(H,33,34). The van der Waals surface area contributed by atoms with Crippen LogP contribution >= 0.6 is 15.9 Å². The number of benzene rings is 2. The number of hydrogen-bond acceptors (Lipinski definition) is 5. The average molecular weight is 543 g/mol. The summed E-state index contributed by atoms with van der Waals surface area (Å²) in [4.78, 5) is 40.2. The molecule has 1 saturated heterocycles. The molecule has 1 fully saturated rings. The molecule has 4 rings (SSSR count). The van der Waals surface area contributed by atoms with E-state index in [0.29, 0.717) is 36.2 Å². The number of nitrogens with one attached hydrogen (secondary N) is 1. The minimum absolute atomic E-state index is 0.118. The molecule has 4 N–H and O–H groups in total. The summed E-state index contributed by atoms with van der Waals surface area (Å²) in [6, 6.07) is 12.1. The Morgan fingerprint density at radius 3 is 2.40 bits per heavy atom. The van der Waals surface area contributed by atoms with Crippen LogP contribution in [0.2, 0.25) is 0 Å². The van der Waals surface area contributed by atoms with Gasteiger partial charge in [0.05, 0.1) is 6.04 Å². The van der Waals surface area contributed by atoms with Gasteiger partial charge < -0.3 is 30.4 Å². The van der Waals surface area contributed by atoms with Crippen LogP contribution in [0, 0.1) is 5.41 Å². The van der Waals surface area contributed by atoms with Crippen molar-refractivity contribution in [1.82, 2.24) is 4.90 Å². The van der Waals surface area contributed by atoms with Gasteiger partial charge in [0.25, 0.3) is 11.8 Å². The zero-order valence-corrected chi connectivity index (χ0v) is 21.3. The van der Waals surface area contributed by atoms with Gasteiger partial charge in [-0.25, -0.2) is 4.79 Å². The number of nitrogens with two attached hydrogens (primary N) is 1. The molecule has 0 saturated carbocycles. The Labute approximate surface area is 211 Å². The van der Waals surface area contributed by atoms with Crippen molar-refractivity contribution in [2.24, 2.45) is 11.1 Å². The molecule has 184 valence electrons. The molecule has 3 amide bonds. The first-order chi connectivity index (χ1) is 16.5. The highest BCUT2D eigenvalue weighted by Gasteiger charge is 2.38. The number of halogens is 1. The molecule has 10 heteroatoms. The van der Waals surface area contributed by atoms with Gasteiger partial charge >= 0.3 is 6.09 Å². The molecule has 1 aliphatic rings. The summed E-state index contributed by atoms with van der Waals surface area (Å²) < 4.78 is 6.31. The fraction of sp³-hybridized carbons (Fsp3) is 0.320. The van der Waals surface area contributed by atoms with E-state index < -0.39 is 17.9 Å². The molecule has 0 bridgehead atoms. The van der Waals surface area contributed by atoms with Crippen molar-refractivity contribution in [2.45, 2.75) is 26.8 Å². The third-order valence-corrected chi connectivity index (χ3v) is 6.73. The first kappa shape index (κ1) is 24.6. The van der Waals surface area contributed by atoms with Gasteiger partial charge in [0, 0.05) is 40.7 Å². The predicted molar refractivity (Wildman–Crippen MR) is 137 cm³/mol. The number of hydrogen-bond donors (Lipinski definition) is 3. The molecule has 0 aliphatic carbocycles. The number of nitrogens with zero attached hydrogens (tertiary/aromatic N) is 2. The lowest BCUT2D eigenvalue weighted by Gasteiger charge is -2.46. The Hall–Kier alpha value is -3.53. The molecular weight excluding hydrogens is 516 g/mol. The quantitative estimate of drug-likeness (QED) is 0.435. The second kappa shape index (κ2) is 9.26. The fourth-order valence-corrected chi connectivity index (χ4v) is 4.73. The van der Waals surface area contributed by atoms with Crippen molar-refractivity contribution < 1.29 is 23.9 Å². The lowest BCUT2D eigenvalue weighted by atomic mass is 9.84. The number of carbonyl (C=O) groups excluding carboxylic acids is 2. The molecule has 1 aliphatic heterocycles. The first-order valence-corrected chi connectivity index (χ1v) is 11.9. The van der Waals surface area contributed by atoms with Crippen molar-refractivity contribution in [3.05, 3.63) is 58.3 Å². The maximum absolute atomic E-state index is 13.0. The second-order valence-corrected chi connectivity index (χ2v) is 10.5. The van der Waals surface area contributed by atoms with Crippen LogP contribution < -0.4 is 16.0 Å². The summed E-state index contributed by atoms with van der Waals surface area (Å²) in [5, 5.41) is 12.9. The molecule has 1 aromatic heterocycles. The number of furan rings is 1. The van der Waals surface area contributed by atoms with Crippen LogP contribution in [0.4, 0.5) is 16.2 Å². The average Bonchev–Trinajstić information content (AvgIpc) is 3.16. The van der Waals surface area contributed by atoms with E-state index in [9.17, 15) is 19.5 Å². The SMILES string of the molecule is CC(C)(C)C1CN(c2ccc(C(=O)Nc3c(C(N)=O)oc4ccc(Br)cc34)cc2)CCN1C(=O)O. The van der Waals surface area contributed by atoms with E-state index in [2.05, 4.69) is 26.1 Å². The van der Waals surface area contributed by atoms with E-state index in [1.165, 1.54) is 4.90 Å². The van der Waals surface area contributed by atoms with Gasteiger partial charge in [-0.3, -0.25) is 9.59 Å². The van der Waals surface area contributed by atoms with Gasteiger partial charge in [0.2, 0.25) is 5.76 Å². The molecule has 9 nitrogen and oxygen atoms in total. The Bertz CT molecular complexity index is 1300. The largest absolute Gasteiger partial charge is 0.465 e. The highest BCUT2D eigenvalue weighted by Crippen LogP contribution is 2.34. The number of rotatable bonds is 4. The summed E-state index contributed by atoms with van der Waals surface area (Å²) in [6.45, 7) is 7.61. The number of piperazine rings is 1. The summed E-state index contributed by atoms with van der Waals surface area (Å²) in [5.41, 5.74) is 7.19. The third kappa shape index (κ3) is 4.97. The number of fused-ring (bicyclic) bond motifs is 1. The Balaban J connectivity index is 1.55. The van der Waals surface area contributed by atoms with Crippen molar-refractivity contribution >= 4 is 56.2 Å². The lowest BCUT2D eigenvalue weighted by Crippen LogP contribution is -2.59. The van der Waals surface area contributed by atoms with E-state index in [-0.39, 0.29) is 22.9 Å². The van der Waals surface area contributed by atoms with E-state index in [1.807, 2.05) is 32.9 Å². The van der Waals surface area contributed by atoms with Crippen molar-refractivity contribution in [2.75, 3.05) is 29.9 Å². The van der Waals surface area contributed by atoms with Crippen LogP contribution in [-0.2, 0) is 0 Å². The monoisotopic (exact) mass is 542 g/mol. The van der Waals surface area contributed by atoms with E-state index in [4.69, 9.17) is 10.2 Å². The van der Waals surface area contributed by atoms with Crippen LogP contribution in [0.3, 0.4) is 0 Å². The van der Waals surface area contributed by atoms with Crippen LogP contribution in [0.15, 0.2) is 51.4 Å². The molecule has 1 atom stereocenters. The van der Waals surface area contributed by atoms with Crippen LogP contribution in [0.1, 0.15) is 41.7 Å². The topological polar surface area (TPSA) is 129 Å². The molecule has 2 aromatic carbocycles. The van der Waals surface area contributed by atoms with Gasteiger partial charge in [-0.05, 0) is 47.9 Å². The molecule has 0 spiro atoms. The van der Waals surface area contributed by atoms with Crippen molar-refractivity contribution in [3.8, 4) is 0 Å². The second-order valence-electron chi connectivity index (χ2n) is 9.62. The Kier molecular flexibility index (Phi) is 6.50. The van der Waals surface area contributed by atoms with Crippen LogP contribution in [0.5, 0.6) is 0 Å². The maximum atomic E-state index is 13.0. The van der Waals surface area contributed by atoms with E-state index in [1.54, 1.807) is 30.3 Å². The Morgan fingerprint density at radius 2 is 1.80 bits per heavy atom. The van der Waals surface area contributed by atoms with Gasteiger partial charge in [0.15, 0.2) is 0 Å². The number of amides is 3. The van der Waals surface area contributed by atoms with Crippen molar-refractivity contribution in [1.29, 1.82) is 0 Å². The highest BCUT2D eigenvalue weighted by atomic mass is 79.9. The number of carboxylic acid groups (broad SMARTS) is 1. The fourth-order valence-electron chi connectivity index (χ4n) is 4.36. The zero-order chi connectivity index (χ0) is 25.5. The Morgan fingerprint density at radius 1 is 1.11 bits per heavy atom. The minimum Gasteiger partial charge on any atom is -0.465 e. The molecule has 2 heterocycles. The minimum atomic E-state index is -0.911. The zero-order valence-electron chi connectivity index (χ0n) is 19.7. The summed E-state index contributed by atoms with van der Waals surface area (Å²) in [5.74, 6) is -1.31. The highest BCUT2D eigenvalue weighted by molar-refractivity contribution is 9.10. The number of carbonyl (C=O) groups is 3. The normalized spacial score (nSPS) is 16.4. The maximum Gasteiger partial charge on any atom is 0.407 e. The number of primary amides is 1. The van der Waals surface area contributed by atoms with E-state index in [0.717, 1.165) is 10.2 Å². The molecule has 35 heavy (non-hydrogen) atoms. The third-order valence-electron chi connectivity index (χ3n) is 6.23. The van der Waals surface area contributed by atoms with Gasteiger partial charge in [-0.1, -0.05) is 36.7 Å². The van der Waals surface area contributed by atoms with Crippen LogP contribution in [-0.4, -0.2) is 53.6 Å². The number of anilines is 2. The molecule has 1 unspecified atom stereocenters. The van der Waals surface area contributed by atoms with Crippen molar-refractivity contribution in [3.63, 3.8) is 0 Å². The molecule has 0 radical (unpaired) electrons.